The average molecular weight is 278 g/mol. The van der Waals surface area contributed by atoms with Crippen LogP contribution in [0.5, 0.6) is 0 Å². The van der Waals surface area contributed by atoms with Gasteiger partial charge in [0.05, 0.1) is 4.92 Å². The Morgan fingerprint density at radius 2 is 2.35 bits per heavy atom. The lowest BCUT2D eigenvalue weighted by Crippen LogP contribution is -2.28. The summed E-state index contributed by atoms with van der Waals surface area (Å²) in [5, 5.41) is 11.0. The van der Waals surface area contributed by atoms with E-state index in [1.54, 1.807) is 11.0 Å². The molecule has 20 heavy (non-hydrogen) atoms. The number of nitrogens with zero attached hydrogens (tertiary/aromatic N) is 2. The first-order chi connectivity index (χ1) is 9.56. The van der Waals surface area contributed by atoms with Crippen LogP contribution in [0.25, 0.3) is 0 Å². The van der Waals surface area contributed by atoms with Gasteiger partial charge in [-0.3, -0.25) is 20.8 Å². The zero-order valence-electron chi connectivity index (χ0n) is 11.3. The second-order valence-electron chi connectivity index (χ2n) is 4.95. The molecule has 0 aliphatic carbocycles. The lowest BCUT2D eigenvalue weighted by atomic mass is 10.1. The van der Waals surface area contributed by atoms with Crippen LogP contribution in [0, 0.1) is 16.0 Å². The molecule has 1 heterocycles. The van der Waals surface area contributed by atoms with Crippen molar-refractivity contribution in [2.75, 3.05) is 18.5 Å². The number of carbonyl (C=O) groups is 1. The summed E-state index contributed by atoms with van der Waals surface area (Å²) in [5.74, 6) is 5.59. The Morgan fingerprint density at radius 1 is 1.60 bits per heavy atom. The normalized spacial score (nSPS) is 18.1. The molecule has 108 valence electrons. The fourth-order valence-electron chi connectivity index (χ4n) is 2.47. The summed E-state index contributed by atoms with van der Waals surface area (Å²) in [5.41, 5.74) is 2.59. The Bertz CT molecular complexity index is 532. The first-order valence-corrected chi connectivity index (χ1v) is 6.61. The molecule has 3 N–H and O–H groups in total. The summed E-state index contributed by atoms with van der Waals surface area (Å²) in [6.45, 7) is 3.53. The van der Waals surface area contributed by atoms with Crippen molar-refractivity contribution in [1.29, 1.82) is 0 Å². The number of benzene rings is 1. The van der Waals surface area contributed by atoms with Crippen molar-refractivity contribution in [2.24, 2.45) is 11.8 Å². The molecule has 1 aliphatic rings. The zero-order valence-corrected chi connectivity index (χ0v) is 11.3. The molecule has 1 aromatic carbocycles. The van der Waals surface area contributed by atoms with Gasteiger partial charge in [-0.1, -0.05) is 13.3 Å². The summed E-state index contributed by atoms with van der Waals surface area (Å²) >= 11 is 0. The van der Waals surface area contributed by atoms with Gasteiger partial charge in [-0.2, -0.15) is 0 Å². The number of hydrogen-bond donors (Lipinski definition) is 2. The number of anilines is 1. The molecule has 0 radical (unpaired) electrons. The van der Waals surface area contributed by atoms with E-state index >= 15 is 0 Å². The summed E-state index contributed by atoms with van der Waals surface area (Å²) in [7, 11) is 0. The van der Waals surface area contributed by atoms with Crippen molar-refractivity contribution in [2.45, 2.75) is 19.8 Å². The Kier molecular flexibility index (Phi) is 4.19. The van der Waals surface area contributed by atoms with Gasteiger partial charge in [-0.05, 0) is 24.5 Å². The lowest BCUT2D eigenvalue weighted by molar-refractivity contribution is -0.384. The quantitative estimate of drug-likeness (QED) is 0.496. The van der Waals surface area contributed by atoms with E-state index in [1.165, 1.54) is 12.1 Å². The topological polar surface area (TPSA) is 102 Å². The summed E-state index contributed by atoms with van der Waals surface area (Å²) in [4.78, 5) is 24.5. The molecule has 1 atom stereocenters. The number of nitrogens with one attached hydrogen (secondary N) is 1. The lowest BCUT2D eigenvalue weighted by Gasteiger charge is -2.16. The fourth-order valence-corrected chi connectivity index (χ4v) is 2.47. The molecule has 7 heteroatoms. The molecular formula is C13H18N4O3. The summed E-state index contributed by atoms with van der Waals surface area (Å²) < 4.78 is 0. The zero-order chi connectivity index (χ0) is 14.7. The highest BCUT2D eigenvalue weighted by Crippen LogP contribution is 2.27. The van der Waals surface area contributed by atoms with Crippen LogP contribution in [-0.2, 0) is 0 Å². The molecular weight excluding hydrogens is 260 g/mol. The number of likely N-dealkylation sites (tertiary alicyclic amines) is 1. The molecule has 0 spiro atoms. The maximum atomic E-state index is 12.3. The van der Waals surface area contributed by atoms with Crippen LogP contribution >= 0.6 is 0 Å². The molecule has 1 saturated heterocycles. The van der Waals surface area contributed by atoms with Crippen LogP contribution in [0.2, 0.25) is 0 Å². The smallest absolute Gasteiger partial charge is 0.294 e. The van der Waals surface area contributed by atoms with Crippen molar-refractivity contribution in [3.8, 4) is 0 Å². The number of rotatable bonds is 4. The van der Waals surface area contributed by atoms with E-state index in [-0.39, 0.29) is 17.3 Å². The van der Waals surface area contributed by atoms with Gasteiger partial charge in [-0.15, -0.1) is 0 Å². The average Bonchev–Trinajstić information content (AvgIpc) is 2.94. The van der Waals surface area contributed by atoms with Gasteiger partial charge in [-0.25, -0.2) is 0 Å². The largest absolute Gasteiger partial charge is 0.338 e. The molecule has 2 rings (SSSR count). The van der Waals surface area contributed by atoms with E-state index < -0.39 is 4.92 Å². The van der Waals surface area contributed by atoms with Crippen LogP contribution in [-0.4, -0.2) is 28.8 Å². The maximum Gasteiger partial charge on any atom is 0.294 e. The fraction of sp³-hybridized carbons (Fsp3) is 0.462. The number of carbonyl (C=O) groups excluding carboxylic acids is 1. The van der Waals surface area contributed by atoms with E-state index in [9.17, 15) is 14.9 Å². The third-order valence-corrected chi connectivity index (χ3v) is 3.75. The molecule has 1 unspecified atom stereocenters. The monoisotopic (exact) mass is 278 g/mol. The number of nitro benzene ring substituents is 1. The Morgan fingerprint density at radius 3 is 2.90 bits per heavy atom. The van der Waals surface area contributed by atoms with Gasteiger partial charge < -0.3 is 10.3 Å². The predicted octanol–water partition coefficient (Wildman–Crippen LogP) is 1.75. The molecule has 0 aromatic heterocycles. The van der Waals surface area contributed by atoms with Crippen molar-refractivity contribution in [3.63, 3.8) is 0 Å². The molecule has 1 aliphatic heterocycles. The minimum Gasteiger partial charge on any atom is -0.338 e. The first kappa shape index (κ1) is 14.3. The van der Waals surface area contributed by atoms with Crippen LogP contribution in [0.15, 0.2) is 18.2 Å². The highest BCUT2D eigenvalue weighted by Gasteiger charge is 2.27. The van der Waals surface area contributed by atoms with Crippen LogP contribution in [0.3, 0.4) is 0 Å². The first-order valence-electron chi connectivity index (χ1n) is 6.61. The SMILES string of the molecule is CCC1CCN(C(=O)c2ccc(NN)c([N+](=O)[O-])c2)C1. The Labute approximate surface area is 116 Å². The second kappa shape index (κ2) is 5.87. The van der Waals surface area contributed by atoms with E-state index in [0.717, 1.165) is 19.4 Å². The van der Waals surface area contributed by atoms with Crippen molar-refractivity contribution < 1.29 is 9.72 Å². The second-order valence-corrected chi connectivity index (χ2v) is 4.95. The van der Waals surface area contributed by atoms with E-state index in [0.29, 0.717) is 18.0 Å². The standard InChI is InChI=1S/C13H18N4O3/c1-2-9-5-6-16(8-9)13(18)10-3-4-11(15-14)12(7-10)17(19)20/h3-4,7,9,15H,2,5-6,8,14H2,1H3. The van der Waals surface area contributed by atoms with E-state index in [1.807, 2.05) is 0 Å². The molecule has 1 fully saturated rings. The highest BCUT2D eigenvalue weighted by atomic mass is 16.6. The molecule has 1 aromatic rings. The molecule has 0 bridgehead atoms. The highest BCUT2D eigenvalue weighted by molar-refractivity contribution is 5.95. The number of amides is 1. The van der Waals surface area contributed by atoms with Crippen molar-refractivity contribution in [1.82, 2.24) is 4.90 Å². The van der Waals surface area contributed by atoms with E-state index in [4.69, 9.17) is 5.84 Å². The van der Waals surface area contributed by atoms with Gasteiger partial charge >= 0.3 is 0 Å². The maximum absolute atomic E-state index is 12.3. The van der Waals surface area contributed by atoms with Crippen molar-refractivity contribution in [3.05, 3.63) is 33.9 Å². The third-order valence-electron chi connectivity index (χ3n) is 3.75. The number of hydrogen-bond acceptors (Lipinski definition) is 5. The van der Waals surface area contributed by atoms with Gasteiger partial charge in [0.15, 0.2) is 0 Å². The van der Waals surface area contributed by atoms with Crippen LogP contribution in [0.4, 0.5) is 11.4 Å². The Balaban J connectivity index is 2.23. The summed E-state index contributed by atoms with van der Waals surface area (Å²) in [6, 6.07) is 4.29. The molecule has 1 amide bonds. The van der Waals surface area contributed by atoms with Gasteiger partial charge in [0.25, 0.3) is 11.6 Å². The predicted molar refractivity (Wildman–Crippen MR) is 75.2 cm³/mol. The number of hydrazine groups is 1. The van der Waals surface area contributed by atoms with Gasteiger partial charge in [0.1, 0.15) is 5.69 Å². The molecule has 0 saturated carbocycles. The molecule has 7 nitrogen and oxygen atoms in total. The van der Waals surface area contributed by atoms with Crippen LogP contribution in [0.1, 0.15) is 30.1 Å². The summed E-state index contributed by atoms with van der Waals surface area (Å²) in [6.07, 6.45) is 2.03. The van der Waals surface area contributed by atoms with Gasteiger partial charge in [0.2, 0.25) is 0 Å². The number of nitro groups is 1. The number of nitrogen functional groups attached to an aromatic ring is 1. The number of nitrogens with two attached hydrogens (primary N) is 1. The minimum absolute atomic E-state index is 0.160. The van der Waals surface area contributed by atoms with Crippen LogP contribution < -0.4 is 11.3 Å². The van der Waals surface area contributed by atoms with Crippen molar-refractivity contribution >= 4 is 17.3 Å². The van der Waals surface area contributed by atoms with E-state index in [2.05, 4.69) is 12.3 Å². The third kappa shape index (κ3) is 2.72. The minimum atomic E-state index is -0.551. The Hall–Kier alpha value is -2.15. The van der Waals surface area contributed by atoms with Gasteiger partial charge in [0, 0.05) is 24.7 Å².